The Morgan fingerprint density at radius 1 is 0.737 bits per heavy atom. The standard InChI is InChI=1S/C18H24P/c1-3-4-11-16-19(2,17-12-7-5-8-13-17)18-14-9-6-10-15-18/h5-10,12-15H,3-4,11,16H2,1-2H3/q+1. The summed E-state index contributed by atoms with van der Waals surface area (Å²) in [5.74, 6) is 0. The van der Waals surface area contributed by atoms with E-state index >= 15 is 0 Å². The quantitative estimate of drug-likeness (QED) is 0.537. The van der Waals surface area contributed by atoms with Crippen molar-refractivity contribution in [1.29, 1.82) is 0 Å². The van der Waals surface area contributed by atoms with E-state index in [0.717, 1.165) is 0 Å². The Morgan fingerprint density at radius 3 is 1.63 bits per heavy atom. The van der Waals surface area contributed by atoms with E-state index in [-0.39, 0.29) is 0 Å². The summed E-state index contributed by atoms with van der Waals surface area (Å²) in [4.78, 5) is 0. The predicted octanol–water partition coefficient (Wildman–Crippen LogP) is 4.48. The number of benzene rings is 2. The summed E-state index contributed by atoms with van der Waals surface area (Å²) >= 11 is 0. The Morgan fingerprint density at radius 2 is 1.21 bits per heavy atom. The largest absolute Gasteiger partial charge is 0.0988 e. The zero-order valence-corrected chi connectivity index (χ0v) is 12.9. The van der Waals surface area contributed by atoms with Crippen LogP contribution in [0.15, 0.2) is 60.7 Å². The third kappa shape index (κ3) is 3.45. The van der Waals surface area contributed by atoms with E-state index in [2.05, 4.69) is 74.3 Å². The van der Waals surface area contributed by atoms with Crippen LogP contribution in [0.1, 0.15) is 26.2 Å². The first-order valence-electron chi connectivity index (χ1n) is 7.24. The highest BCUT2D eigenvalue weighted by molar-refractivity contribution is 7.88. The van der Waals surface area contributed by atoms with Crippen molar-refractivity contribution in [2.24, 2.45) is 0 Å². The van der Waals surface area contributed by atoms with Gasteiger partial charge >= 0.3 is 0 Å². The molecule has 0 N–H and O–H groups in total. The molecule has 0 aliphatic heterocycles. The highest BCUT2D eigenvalue weighted by Gasteiger charge is 2.36. The van der Waals surface area contributed by atoms with E-state index in [1.54, 1.807) is 0 Å². The molecule has 0 atom stereocenters. The molecular formula is C18H24P+. The highest BCUT2D eigenvalue weighted by atomic mass is 31.2. The summed E-state index contributed by atoms with van der Waals surface area (Å²) in [6.07, 6.45) is 5.30. The Balaban J connectivity index is 2.33. The number of unbranched alkanes of at least 4 members (excludes halogenated alkanes) is 2. The van der Waals surface area contributed by atoms with Gasteiger partial charge in [0.25, 0.3) is 0 Å². The van der Waals surface area contributed by atoms with Crippen LogP contribution in [-0.2, 0) is 0 Å². The summed E-state index contributed by atoms with van der Waals surface area (Å²) in [6, 6.07) is 22.2. The highest BCUT2D eigenvalue weighted by Crippen LogP contribution is 2.53. The van der Waals surface area contributed by atoms with Crippen molar-refractivity contribution in [3.8, 4) is 0 Å². The van der Waals surface area contributed by atoms with Crippen LogP contribution in [0.4, 0.5) is 0 Å². The fraction of sp³-hybridized carbons (Fsp3) is 0.333. The van der Waals surface area contributed by atoms with Gasteiger partial charge in [-0.15, -0.1) is 0 Å². The van der Waals surface area contributed by atoms with Gasteiger partial charge < -0.3 is 0 Å². The summed E-state index contributed by atoms with van der Waals surface area (Å²) in [6.45, 7) is 4.77. The lowest BCUT2D eigenvalue weighted by Gasteiger charge is -2.23. The smallest absolute Gasteiger partial charge is 0.0654 e. The van der Waals surface area contributed by atoms with E-state index in [4.69, 9.17) is 0 Å². The van der Waals surface area contributed by atoms with Crippen LogP contribution in [0, 0.1) is 0 Å². The Labute approximate surface area is 118 Å². The molecule has 0 fully saturated rings. The van der Waals surface area contributed by atoms with Crippen molar-refractivity contribution in [2.75, 3.05) is 12.8 Å². The van der Waals surface area contributed by atoms with E-state index in [9.17, 15) is 0 Å². The van der Waals surface area contributed by atoms with Gasteiger partial charge in [-0.3, -0.25) is 0 Å². The van der Waals surface area contributed by atoms with Crippen molar-refractivity contribution in [3.05, 3.63) is 60.7 Å². The topological polar surface area (TPSA) is 0 Å². The lowest BCUT2D eigenvalue weighted by Crippen LogP contribution is -2.23. The van der Waals surface area contributed by atoms with Crippen molar-refractivity contribution in [1.82, 2.24) is 0 Å². The van der Waals surface area contributed by atoms with Gasteiger partial charge in [0.15, 0.2) is 0 Å². The van der Waals surface area contributed by atoms with Crippen molar-refractivity contribution in [2.45, 2.75) is 26.2 Å². The van der Waals surface area contributed by atoms with E-state index in [0.29, 0.717) is 0 Å². The van der Waals surface area contributed by atoms with Gasteiger partial charge in [0, 0.05) is 0 Å². The molecule has 0 unspecified atom stereocenters. The van der Waals surface area contributed by atoms with Gasteiger partial charge in [-0.05, 0) is 30.7 Å². The van der Waals surface area contributed by atoms with Gasteiger partial charge in [-0.1, -0.05) is 56.2 Å². The van der Waals surface area contributed by atoms with Gasteiger partial charge in [0.2, 0.25) is 0 Å². The molecule has 2 aromatic rings. The van der Waals surface area contributed by atoms with Gasteiger partial charge in [-0.25, -0.2) is 0 Å². The Bertz CT molecular complexity index is 436. The van der Waals surface area contributed by atoms with Crippen LogP contribution in [0.25, 0.3) is 0 Å². The minimum absolute atomic E-state index is 1.20. The predicted molar refractivity (Wildman–Crippen MR) is 89.4 cm³/mol. The molecule has 0 spiro atoms. The second-order valence-electron chi connectivity index (χ2n) is 5.29. The SMILES string of the molecule is CCCCC[P+](C)(c1ccccc1)c1ccccc1. The molecule has 0 amide bonds. The number of hydrogen-bond acceptors (Lipinski definition) is 0. The molecule has 100 valence electrons. The van der Waals surface area contributed by atoms with Crippen LogP contribution in [0.3, 0.4) is 0 Å². The van der Waals surface area contributed by atoms with Crippen LogP contribution < -0.4 is 10.6 Å². The minimum Gasteiger partial charge on any atom is -0.0654 e. The average Bonchev–Trinajstić information content (AvgIpc) is 2.49. The van der Waals surface area contributed by atoms with E-state index in [1.165, 1.54) is 36.0 Å². The molecule has 0 saturated heterocycles. The Hall–Kier alpha value is -1.13. The fourth-order valence-corrected chi connectivity index (χ4v) is 5.93. The maximum Gasteiger partial charge on any atom is 0.0988 e. The zero-order valence-electron chi connectivity index (χ0n) is 12.0. The first kappa shape index (κ1) is 14.3. The summed E-state index contributed by atoms with van der Waals surface area (Å²) in [7, 11) is -1.20. The summed E-state index contributed by atoms with van der Waals surface area (Å²) in [5.41, 5.74) is 0. The molecule has 1 heteroatoms. The molecule has 2 aromatic carbocycles. The molecule has 19 heavy (non-hydrogen) atoms. The monoisotopic (exact) mass is 271 g/mol. The van der Waals surface area contributed by atoms with E-state index in [1.807, 2.05) is 0 Å². The summed E-state index contributed by atoms with van der Waals surface area (Å²) in [5, 5.41) is 3.08. The second kappa shape index (κ2) is 6.87. The molecular weight excluding hydrogens is 247 g/mol. The fourth-order valence-electron chi connectivity index (χ4n) is 2.60. The maximum absolute atomic E-state index is 2.49. The van der Waals surface area contributed by atoms with Crippen LogP contribution in [0.5, 0.6) is 0 Å². The lowest BCUT2D eigenvalue weighted by atomic mass is 10.3. The number of hydrogen-bond donors (Lipinski definition) is 0. The molecule has 0 saturated carbocycles. The maximum atomic E-state index is 2.49. The third-order valence-corrected chi connectivity index (χ3v) is 7.95. The van der Waals surface area contributed by atoms with Crippen LogP contribution in [-0.4, -0.2) is 12.8 Å². The molecule has 0 aromatic heterocycles. The molecule has 2 rings (SSSR count). The molecule has 0 radical (unpaired) electrons. The second-order valence-corrected chi connectivity index (χ2v) is 9.16. The number of rotatable bonds is 6. The zero-order chi connectivity index (χ0) is 13.6. The first-order valence-corrected chi connectivity index (χ1v) is 9.66. The lowest BCUT2D eigenvalue weighted by molar-refractivity contribution is 0.775. The van der Waals surface area contributed by atoms with Crippen molar-refractivity contribution in [3.63, 3.8) is 0 Å². The molecule has 0 nitrogen and oxygen atoms in total. The molecule has 0 bridgehead atoms. The van der Waals surface area contributed by atoms with Crippen LogP contribution in [0.2, 0.25) is 0 Å². The van der Waals surface area contributed by atoms with Crippen molar-refractivity contribution >= 4 is 17.9 Å². The minimum atomic E-state index is -1.20. The van der Waals surface area contributed by atoms with Crippen LogP contribution >= 0.6 is 7.26 Å². The molecule has 0 aliphatic rings. The van der Waals surface area contributed by atoms with Gasteiger partial charge in [0.1, 0.15) is 0 Å². The Kier molecular flexibility index (Phi) is 5.16. The van der Waals surface area contributed by atoms with Gasteiger partial charge in [0.05, 0.1) is 30.7 Å². The molecule has 0 aliphatic carbocycles. The van der Waals surface area contributed by atoms with E-state index < -0.39 is 7.26 Å². The average molecular weight is 271 g/mol. The third-order valence-electron chi connectivity index (χ3n) is 3.86. The normalized spacial score (nSPS) is 11.5. The summed E-state index contributed by atoms with van der Waals surface area (Å²) < 4.78 is 0. The molecule has 0 heterocycles. The van der Waals surface area contributed by atoms with Crippen molar-refractivity contribution < 1.29 is 0 Å². The first-order chi connectivity index (χ1) is 9.27. The van der Waals surface area contributed by atoms with Gasteiger partial charge in [-0.2, -0.15) is 0 Å².